The molecule has 0 aromatic carbocycles. The molecule has 76 valence electrons. The average molecular weight is 202 g/mol. The lowest BCUT2D eigenvalue weighted by molar-refractivity contribution is 0.0923. The van der Waals surface area contributed by atoms with E-state index in [9.17, 15) is 4.79 Å². The summed E-state index contributed by atoms with van der Waals surface area (Å²) in [5, 5.41) is 2.74. The maximum absolute atomic E-state index is 11.5. The fourth-order valence-corrected chi connectivity index (χ4v) is 1.18. The molecule has 0 spiro atoms. The molecule has 0 bridgehead atoms. The number of carbonyl (C=O) groups excluding carboxylic acids is 1. The molecule has 2 aromatic heterocycles. The molecule has 1 amide bonds. The Kier molecular flexibility index (Phi) is 2.78. The van der Waals surface area contributed by atoms with Crippen LogP contribution in [0.1, 0.15) is 16.1 Å². The van der Waals surface area contributed by atoms with Gasteiger partial charge in [-0.2, -0.15) is 0 Å². The highest BCUT2D eigenvalue weighted by atomic mass is 16.3. The highest BCUT2D eigenvalue weighted by molar-refractivity contribution is 5.91. The monoisotopic (exact) mass is 202 g/mol. The first-order valence-electron chi connectivity index (χ1n) is 4.57. The fourth-order valence-electron chi connectivity index (χ4n) is 1.18. The van der Waals surface area contributed by atoms with Crippen molar-refractivity contribution in [2.24, 2.45) is 0 Å². The van der Waals surface area contributed by atoms with Crippen molar-refractivity contribution in [2.75, 3.05) is 0 Å². The van der Waals surface area contributed by atoms with Crippen LogP contribution in [0, 0.1) is 0 Å². The Hall–Kier alpha value is -2.10. The zero-order valence-corrected chi connectivity index (χ0v) is 8.01. The number of pyridine rings is 1. The van der Waals surface area contributed by atoms with Gasteiger partial charge in [-0.3, -0.25) is 9.78 Å². The van der Waals surface area contributed by atoms with Crippen LogP contribution in [0.5, 0.6) is 0 Å². The van der Waals surface area contributed by atoms with Gasteiger partial charge in [-0.15, -0.1) is 0 Å². The van der Waals surface area contributed by atoms with E-state index in [2.05, 4.69) is 10.3 Å². The second-order valence-electron chi connectivity index (χ2n) is 3.02. The Balaban J connectivity index is 1.92. The molecule has 2 heterocycles. The standard InChI is InChI=1S/C11H10N2O2/c14-11(10-2-1-7-15-10)13-8-9-3-5-12-6-4-9/h1-7H,8H2,(H,13,14). The summed E-state index contributed by atoms with van der Waals surface area (Å²) in [7, 11) is 0. The molecule has 0 fully saturated rings. The normalized spacial score (nSPS) is 9.87. The number of hydrogen-bond acceptors (Lipinski definition) is 3. The molecule has 0 radical (unpaired) electrons. The van der Waals surface area contributed by atoms with Gasteiger partial charge in [-0.25, -0.2) is 0 Å². The fraction of sp³-hybridized carbons (Fsp3) is 0.0909. The number of nitrogens with one attached hydrogen (secondary N) is 1. The van der Waals surface area contributed by atoms with Crippen LogP contribution in [-0.2, 0) is 6.54 Å². The van der Waals surface area contributed by atoms with Crippen LogP contribution in [-0.4, -0.2) is 10.9 Å². The number of aromatic nitrogens is 1. The summed E-state index contributed by atoms with van der Waals surface area (Å²) in [5.41, 5.74) is 1.00. The predicted octanol–water partition coefficient (Wildman–Crippen LogP) is 1.60. The van der Waals surface area contributed by atoms with E-state index >= 15 is 0 Å². The average Bonchev–Trinajstić information content (AvgIpc) is 2.81. The van der Waals surface area contributed by atoms with E-state index in [0.29, 0.717) is 12.3 Å². The largest absolute Gasteiger partial charge is 0.459 e. The SMILES string of the molecule is O=C(NCc1ccncc1)c1ccco1. The summed E-state index contributed by atoms with van der Waals surface area (Å²) >= 11 is 0. The van der Waals surface area contributed by atoms with Gasteiger partial charge in [0.25, 0.3) is 5.91 Å². The third-order valence-corrected chi connectivity index (χ3v) is 1.95. The Morgan fingerprint density at radius 3 is 2.80 bits per heavy atom. The van der Waals surface area contributed by atoms with Crippen molar-refractivity contribution in [3.05, 3.63) is 54.2 Å². The number of nitrogens with zero attached hydrogens (tertiary/aromatic N) is 1. The highest BCUT2D eigenvalue weighted by Gasteiger charge is 2.06. The van der Waals surface area contributed by atoms with E-state index in [0.717, 1.165) is 5.56 Å². The molecule has 0 aliphatic heterocycles. The quantitative estimate of drug-likeness (QED) is 0.822. The molecular weight excluding hydrogens is 192 g/mol. The topological polar surface area (TPSA) is 55.1 Å². The molecule has 0 aliphatic carbocycles. The number of rotatable bonds is 3. The Morgan fingerprint density at radius 1 is 1.33 bits per heavy atom. The van der Waals surface area contributed by atoms with Gasteiger partial charge in [0, 0.05) is 18.9 Å². The lowest BCUT2D eigenvalue weighted by atomic mass is 10.2. The molecule has 2 aromatic rings. The smallest absolute Gasteiger partial charge is 0.287 e. The predicted molar refractivity (Wildman–Crippen MR) is 54.1 cm³/mol. The van der Waals surface area contributed by atoms with Gasteiger partial charge < -0.3 is 9.73 Å². The second kappa shape index (κ2) is 4.41. The zero-order valence-electron chi connectivity index (χ0n) is 8.01. The molecule has 0 aliphatic rings. The summed E-state index contributed by atoms with van der Waals surface area (Å²) in [6.45, 7) is 0.474. The van der Waals surface area contributed by atoms with Gasteiger partial charge in [0.15, 0.2) is 5.76 Å². The molecule has 0 unspecified atom stereocenters. The highest BCUT2D eigenvalue weighted by Crippen LogP contribution is 2.01. The van der Waals surface area contributed by atoms with E-state index in [4.69, 9.17) is 4.42 Å². The maximum Gasteiger partial charge on any atom is 0.287 e. The third-order valence-electron chi connectivity index (χ3n) is 1.95. The van der Waals surface area contributed by atoms with Crippen molar-refractivity contribution in [1.29, 1.82) is 0 Å². The van der Waals surface area contributed by atoms with Gasteiger partial charge in [0.1, 0.15) is 0 Å². The first-order chi connectivity index (χ1) is 7.36. The van der Waals surface area contributed by atoms with Crippen LogP contribution < -0.4 is 5.32 Å². The van der Waals surface area contributed by atoms with E-state index in [1.807, 2.05) is 12.1 Å². The molecule has 0 saturated carbocycles. The lowest BCUT2D eigenvalue weighted by Gasteiger charge is -2.02. The summed E-state index contributed by atoms with van der Waals surface area (Å²) < 4.78 is 4.96. The lowest BCUT2D eigenvalue weighted by Crippen LogP contribution is -2.22. The summed E-state index contributed by atoms with van der Waals surface area (Å²) in [6, 6.07) is 7.01. The van der Waals surface area contributed by atoms with Crippen LogP contribution >= 0.6 is 0 Å². The minimum absolute atomic E-state index is 0.211. The first-order valence-corrected chi connectivity index (χ1v) is 4.57. The summed E-state index contributed by atoms with van der Waals surface area (Å²) in [4.78, 5) is 15.3. The molecule has 0 atom stereocenters. The molecule has 4 heteroatoms. The molecule has 15 heavy (non-hydrogen) atoms. The van der Waals surface area contributed by atoms with E-state index in [1.54, 1.807) is 24.5 Å². The van der Waals surface area contributed by atoms with Crippen LogP contribution in [0.25, 0.3) is 0 Å². The van der Waals surface area contributed by atoms with Crippen molar-refractivity contribution >= 4 is 5.91 Å². The minimum Gasteiger partial charge on any atom is -0.459 e. The van der Waals surface area contributed by atoms with Crippen LogP contribution in [0.15, 0.2) is 47.3 Å². The van der Waals surface area contributed by atoms with Crippen LogP contribution in [0.3, 0.4) is 0 Å². The van der Waals surface area contributed by atoms with Crippen molar-refractivity contribution in [3.63, 3.8) is 0 Å². The maximum atomic E-state index is 11.5. The van der Waals surface area contributed by atoms with E-state index in [-0.39, 0.29) is 5.91 Å². The van der Waals surface area contributed by atoms with Crippen LogP contribution in [0.4, 0.5) is 0 Å². The van der Waals surface area contributed by atoms with Gasteiger partial charge >= 0.3 is 0 Å². The molecule has 4 nitrogen and oxygen atoms in total. The molecule has 0 saturated heterocycles. The second-order valence-corrected chi connectivity index (χ2v) is 3.02. The van der Waals surface area contributed by atoms with Crippen LogP contribution in [0.2, 0.25) is 0 Å². The van der Waals surface area contributed by atoms with E-state index in [1.165, 1.54) is 6.26 Å². The Morgan fingerprint density at radius 2 is 2.13 bits per heavy atom. The number of carbonyl (C=O) groups is 1. The number of amides is 1. The van der Waals surface area contributed by atoms with Gasteiger partial charge in [0.05, 0.1) is 6.26 Å². The first kappa shape index (κ1) is 9.45. The van der Waals surface area contributed by atoms with Gasteiger partial charge in [0.2, 0.25) is 0 Å². The van der Waals surface area contributed by atoms with Gasteiger partial charge in [-0.05, 0) is 29.8 Å². The van der Waals surface area contributed by atoms with E-state index < -0.39 is 0 Å². The summed E-state index contributed by atoms with van der Waals surface area (Å²) in [5.74, 6) is 0.112. The Labute approximate surface area is 86.9 Å². The number of furan rings is 1. The van der Waals surface area contributed by atoms with Crippen molar-refractivity contribution in [3.8, 4) is 0 Å². The zero-order chi connectivity index (χ0) is 10.5. The molecular formula is C11H10N2O2. The molecule has 1 N–H and O–H groups in total. The Bertz CT molecular complexity index is 423. The molecule has 2 rings (SSSR count). The van der Waals surface area contributed by atoms with Crippen molar-refractivity contribution in [2.45, 2.75) is 6.54 Å². The third kappa shape index (κ3) is 2.43. The van der Waals surface area contributed by atoms with Crippen molar-refractivity contribution < 1.29 is 9.21 Å². The van der Waals surface area contributed by atoms with Crippen molar-refractivity contribution in [1.82, 2.24) is 10.3 Å². The summed E-state index contributed by atoms with van der Waals surface area (Å²) in [6.07, 6.45) is 4.85. The minimum atomic E-state index is -0.211. The number of hydrogen-bond donors (Lipinski definition) is 1. The van der Waals surface area contributed by atoms with Gasteiger partial charge in [-0.1, -0.05) is 0 Å².